The minimum Gasteiger partial charge on any atom is -0.394 e. The molecule has 0 aliphatic carbocycles. The summed E-state index contributed by atoms with van der Waals surface area (Å²) in [5.41, 5.74) is 0.791. The number of hydrogen-bond acceptors (Lipinski definition) is 4. The number of benzene rings is 1. The van der Waals surface area contributed by atoms with Crippen LogP contribution in [0.3, 0.4) is 0 Å². The first-order valence-corrected chi connectivity index (χ1v) is 7.86. The van der Waals surface area contributed by atoms with Crippen LogP contribution in [0.5, 0.6) is 0 Å². The van der Waals surface area contributed by atoms with Gasteiger partial charge in [-0.15, -0.1) is 0 Å². The summed E-state index contributed by atoms with van der Waals surface area (Å²) in [4.78, 5) is 16.4. The number of urea groups is 1. The Bertz CT molecular complexity index is 673. The van der Waals surface area contributed by atoms with Crippen molar-refractivity contribution in [1.82, 2.24) is 25.4 Å². The van der Waals surface area contributed by atoms with Crippen LogP contribution in [0, 0.1) is 0 Å². The molecule has 0 saturated heterocycles. The van der Waals surface area contributed by atoms with Crippen molar-refractivity contribution in [2.24, 2.45) is 0 Å². The Morgan fingerprint density at radius 1 is 1.43 bits per heavy atom. The number of hydrogen-bond donors (Lipinski definition) is 3. The molecule has 3 N–H and O–H groups in total. The van der Waals surface area contributed by atoms with Gasteiger partial charge in [0.1, 0.15) is 12.2 Å². The maximum atomic E-state index is 12.2. The molecule has 0 spiro atoms. The van der Waals surface area contributed by atoms with Crippen LogP contribution in [0.4, 0.5) is 4.79 Å². The highest BCUT2D eigenvalue weighted by Gasteiger charge is 2.24. The summed E-state index contributed by atoms with van der Waals surface area (Å²) in [6, 6.07) is 6.00. The van der Waals surface area contributed by atoms with Gasteiger partial charge in [0.05, 0.1) is 18.7 Å². The zero-order valence-corrected chi connectivity index (χ0v) is 13.2. The average Bonchev–Trinajstić information content (AvgIpc) is 3.03. The van der Waals surface area contributed by atoms with Gasteiger partial charge in [-0.3, -0.25) is 0 Å². The summed E-state index contributed by atoms with van der Waals surface area (Å²) >= 11 is 5.85. The van der Waals surface area contributed by atoms with Gasteiger partial charge >= 0.3 is 6.03 Å². The molecule has 122 valence electrons. The van der Waals surface area contributed by atoms with Crippen LogP contribution in [0.25, 0.3) is 0 Å². The zero-order chi connectivity index (χ0) is 16.2. The molecular formula is C15H18ClN5O2. The van der Waals surface area contributed by atoms with Crippen molar-refractivity contribution >= 4 is 17.6 Å². The van der Waals surface area contributed by atoms with Gasteiger partial charge in [0.15, 0.2) is 0 Å². The van der Waals surface area contributed by atoms with E-state index in [4.69, 9.17) is 11.6 Å². The normalized spacial score (nSPS) is 18.1. The molecule has 7 nitrogen and oxygen atoms in total. The SMILES string of the molecule is O=C(NC(CO)c1ccc(Cl)cc1)NC1CCCn2ncnc21. The number of fused-ring (bicyclic) bond motifs is 1. The third kappa shape index (κ3) is 3.62. The number of amides is 2. The number of aryl methyl sites for hydroxylation is 1. The number of aromatic nitrogens is 3. The molecule has 2 heterocycles. The van der Waals surface area contributed by atoms with Gasteiger partial charge in [0.2, 0.25) is 0 Å². The van der Waals surface area contributed by atoms with Crippen LogP contribution in [0.1, 0.15) is 36.3 Å². The Balaban J connectivity index is 1.64. The van der Waals surface area contributed by atoms with Crippen LogP contribution >= 0.6 is 11.6 Å². The van der Waals surface area contributed by atoms with E-state index in [1.54, 1.807) is 28.9 Å². The Hall–Kier alpha value is -2.12. The van der Waals surface area contributed by atoms with Crippen molar-refractivity contribution in [3.63, 3.8) is 0 Å². The second-order valence-electron chi connectivity index (χ2n) is 5.44. The number of rotatable bonds is 4. The number of halogens is 1. The summed E-state index contributed by atoms with van der Waals surface area (Å²) in [6.07, 6.45) is 3.25. The quantitative estimate of drug-likeness (QED) is 0.794. The van der Waals surface area contributed by atoms with E-state index in [1.807, 2.05) is 0 Å². The number of nitrogens with zero attached hydrogens (tertiary/aromatic N) is 3. The molecule has 0 saturated carbocycles. The highest BCUT2D eigenvalue weighted by molar-refractivity contribution is 6.30. The molecule has 0 radical (unpaired) electrons. The lowest BCUT2D eigenvalue weighted by atomic mass is 10.1. The first-order chi connectivity index (χ1) is 11.2. The molecule has 1 aromatic carbocycles. The Morgan fingerprint density at radius 2 is 2.22 bits per heavy atom. The maximum Gasteiger partial charge on any atom is 0.315 e. The van der Waals surface area contributed by atoms with Gasteiger partial charge < -0.3 is 15.7 Å². The molecule has 23 heavy (non-hydrogen) atoms. The van der Waals surface area contributed by atoms with Gasteiger partial charge in [-0.2, -0.15) is 5.10 Å². The average molecular weight is 336 g/mol. The maximum absolute atomic E-state index is 12.2. The minimum atomic E-state index is -0.492. The monoisotopic (exact) mass is 335 g/mol. The smallest absolute Gasteiger partial charge is 0.315 e. The predicted octanol–water partition coefficient (Wildman–Crippen LogP) is 1.80. The summed E-state index contributed by atoms with van der Waals surface area (Å²) in [5, 5.41) is 19.9. The van der Waals surface area contributed by atoms with Crippen molar-refractivity contribution in [3.8, 4) is 0 Å². The van der Waals surface area contributed by atoms with Crippen molar-refractivity contribution < 1.29 is 9.90 Å². The van der Waals surface area contributed by atoms with Gasteiger partial charge in [-0.05, 0) is 30.5 Å². The first-order valence-electron chi connectivity index (χ1n) is 7.48. The van der Waals surface area contributed by atoms with Gasteiger partial charge in [0, 0.05) is 11.6 Å². The molecule has 1 aliphatic heterocycles. The van der Waals surface area contributed by atoms with Crippen LogP contribution in [-0.2, 0) is 6.54 Å². The molecule has 1 aliphatic rings. The lowest BCUT2D eigenvalue weighted by Crippen LogP contribution is -2.42. The molecular weight excluding hydrogens is 318 g/mol. The van der Waals surface area contributed by atoms with E-state index in [0.717, 1.165) is 30.8 Å². The van der Waals surface area contributed by atoms with E-state index in [1.165, 1.54) is 6.33 Å². The van der Waals surface area contributed by atoms with E-state index in [2.05, 4.69) is 20.7 Å². The minimum absolute atomic E-state index is 0.171. The first kappa shape index (κ1) is 15.8. The van der Waals surface area contributed by atoms with Gasteiger partial charge in [-0.25, -0.2) is 14.5 Å². The predicted molar refractivity (Wildman–Crippen MR) is 84.9 cm³/mol. The third-order valence-corrected chi connectivity index (χ3v) is 4.14. The largest absolute Gasteiger partial charge is 0.394 e. The number of aliphatic hydroxyl groups excluding tert-OH is 1. The number of carbonyl (C=O) groups excluding carboxylic acids is 1. The van der Waals surface area contributed by atoms with Crippen LogP contribution in [-0.4, -0.2) is 32.5 Å². The van der Waals surface area contributed by atoms with Gasteiger partial charge in [-0.1, -0.05) is 23.7 Å². The summed E-state index contributed by atoms with van der Waals surface area (Å²) in [7, 11) is 0. The van der Waals surface area contributed by atoms with E-state index >= 15 is 0 Å². The lowest BCUT2D eigenvalue weighted by Gasteiger charge is -2.25. The standard InChI is InChI=1S/C15H18ClN5O2/c16-11-5-3-10(4-6-11)13(8-22)20-15(23)19-12-2-1-7-21-14(12)17-9-18-21/h3-6,9,12-13,22H,1-2,7-8H2,(H2,19,20,23). The van der Waals surface area contributed by atoms with Crippen LogP contribution < -0.4 is 10.6 Å². The topological polar surface area (TPSA) is 92.1 Å². The highest BCUT2D eigenvalue weighted by atomic mass is 35.5. The van der Waals surface area contributed by atoms with Crippen LogP contribution in [0.2, 0.25) is 5.02 Å². The second kappa shape index (κ2) is 6.97. The third-order valence-electron chi connectivity index (χ3n) is 3.89. The zero-order valence-electron chi connectivity index (χ0n) is 12.4. The van der Waals surface area contributed by atoms with E-state index < -0.39 is 6.04 Å². The fraction of sp³-hybridized carbons (Fsp3) is 0.400. The molecule has 3 rings (SSSR count). The fourth-order valence-corrected chi connectivity index (χ4v) is 2.84. The number of carbonyl (C=O) groups is 1. The van der Waals surface area contributed by atoms with E-state index in [0.29, 0.717) is 5.02 Å². The molecule has 2 atom stereocenters. The molecule has 1 aromatic heterocycles. The Labute approximate surface area is 138 Å². The van der Waals surface area contributed by atoms with Crippen LogP contribution in [0.15, 0.2) is 30.6 Å². The Morgan fingerprint density at radius 3 is 2.96 bits per heavy atom. The van der Waals surface area contributed by atoms with Crippen molar-refractivity contribution in [2.75, 3.05) is 6.61 Å². The second-order valence-corrected chi connectivity index (χ2v) is 5.88. The highest BCUT2D eigenvalue weighted by Crippen LogP contribution is 2.22. The van der Waals surface area contributed by atoms with Crippen molar-refractivity contribution in [1.29, 1.82) is 0 Å². The summed E-state index contributed by atoms with van der Waals surface area (Å²) < 4.78 is 1.80. The molecule has 0 fully saturated rings. The lowest BCUT2D eigenvalue weighted by molar-refractivity contribution is 0.211. The van der Waals surface area contributed by atoms with E-state index in [-0.39, 0.29) is 18.7 Å². The van der Waals surface area contributed by atoms with Crippen molar-refractivity contribution in [3.05, 3.63) is 47.0 Å². The molecule has 0 bridgehead atoms. The molecule has 8 heteroatoms. The Kier molecular flexibility index (Phi) is 4.78. The van der Waals surface area contributed by atoms with Crippen molar-refractivity contribution in [2.45, 2.75) is 31.5 Å². The molecule has 2 aromatic rings. The fourth-order valence-electron chi connectivity index (χ4n) is 2.71. The van der Waals surface area contributed by atoms with Gasteiger partial charge in [0.25, 0.3) is 0 Å². The summed E-state index contributed by atoms with van der Waals surface area (Å²) in [6.45, 7) is 0.620. The number of nitrogens with one attached hydrogen (secondary N) is 2. The summed E-state index contributed by atoms with van der Waals surface area (Å²) in [5.74, 6) is 0.762. The molecule has 2 amide bonds. The number of aliphatic hydroxyl groups is 1. The molecule has 2 unspecified atom stereocenters. The van der Waals surface area contributed by atoms with E-state index in [9.17, 15) is 9.90 Å².